The number of nitrogens with one attached hydrogen (secondary N) is 1. The van der Waals surface area contributed by atoms with Crippen LogP contribution in [0.1, 0.15) is 28.7 Å². The molecule has 3 rings (SSSR count). The molecular formula is C14H11FN2O2S. The minimum atomic E-state index is -0.700. The second-order valence-corrected chi connectivity index (χ2v) is 5.54. The van der Waals surface area contributed by atoms with E-state index in [0.29, 0.717) is 5.56 Å². The Morgan fingerprint density at radius 2 is 2.10 bits per heavy atom. The van der Waals surface area contributed by atoms with Gasteiger partial charge in [-0.2, -0.15) is 0 Å². The van der Waals surface area contributed by atoms with Crippen molar-refractivity contribution in [2.24, 2.45) is 0 Å². The normalized spacial score (nSPS) is 22.6. The van der Waals surface area contributed by atoms with Crippen LogP contribution >= 0.6 is 11.3 Å². The highest BCUT2D eigenvalue weighted by atomic mass is 32.1. The van der Waals surface area contributed by atoms with Crippen LogP contribution < -0.4 is 5.32 Å². The lowest BCUT2D eigenvalue weighted by molar-refractivity contribution is -0.135. The largest absolute Gasteiger partial charge is 0.296 e. The van der Waals surface area contributed by atoms with Gasteiger partial charge in [0.2, 0.25) is 11.8 Å². The molecule has 2 amide bonds. The summed E-state index contributed by atoms with van der Waals surface area (Å²) in [6.45, 7) is 0. The van der Waals surface area contributed by atoms with E-state index in [2.05, 4.69) is 10.3 Å². The summed E-state index contributed by atoms with van der Waals surface area (Å²) in [5, 5.41) is 2.29. The third kappa shape index (κ3) is 2.22. The summed E-state index contributed by atoms with van der Waals surface area (Å²) in [7, 11) is 0. The van der Waals surface area contributed by atoms with Crippen LogP contribution in [0.25, 0.3) is 0 Å². The Morgan fingerprint density at radius 1 is 1.30 bits per heavy atom. The van der Waals surface area contributed by atoms with Crippen LogP contribution in [-0.4, -0.2) is 16.8 Å². The molecule has 1 N–H and O–H groups in total. The molecule has 0 bridgehead atoms. The summed E-state index contributed by atoms with van der Waals surface area (Å²) in [6, 6.07) is 6.17. The molecule has 1 aromatic carbocycles. The number of benzene rings is 1. The molecule has 6 heteroatoms. The van der Waals surface area contributed by atoms with Crippen molar-refractivity contribution >= 4 is 23.2 Å². The van der Waals surface area contributed by atoms with Crippen LogP contribution in [0.3, 0.4) is 0 Å². The molecule has 1 aromatic heterocycles. The second kappa shape index (κ2) is 5.13. The highest BCUT2D eigenvalue weighted by molar-refractivity contribution is 7.09. The number of nitrogens with zero attached hydrogens (tertiary/aromatic N) is 1. The Morgan fingerprint density at radius 3 is 2.80 bits per heavy atom. The lowest BCUT2D eigenvalue weighted by atomic mass is 9.79. The summed E-state index contributed by atoms with van der Waals surface area (Å²) >= 11 is 1.37. The second-order valence-electron chi connectivity index (χ2n) is 4.63. The first-order chi connectivity index (χ1) is 9.66. The van der Waals surface area contributed by atoms with Gasteiger partial charge in [0.25, 0.3) is 0 Å². The zero-order valence-corrected chi connectivity index (χ0v) is 11.2. The zero-order chi connectivity index (χ0) is 14.1. The minimum absolute atomic E-state index is 0.160. The molecule has 2 unspecified atom stereocenters. The smallest absolute Gasteiger partial charge is 0.234 e. The number of aromatic nitrogens is 1. The molecule has 2 heterocycles. The lowest BCUT2D eigenvalue weighted by Gasteiger charge is -2.29. The number of rotatable bonds is 2. The van der Waals surface area contributed by atoms with Gasteiger partial charge in [-0.3, -0.25) is 19.9 Å². The fourth-order valence-electron chi connectivity index (χ4n) is 2.53. The first-order valence-corrected chi connectivity index (χ1v) is 7.01. The van der Waals surface area contributed by atoms with E-state index in [4.69, 9.17) is 0 Å². The maximum atomic E-state index is 14.0. The van der Waals surface area contributed by atoms with E-state index in [0.717, 1.165) is 4.88 Å². The van der Waals surface area contributed by atoms with Gasteiger partial charge in [-0.1, -0.05) is 18.2 Å². The van der Waals surface area contributed by atoms with Crippen LogP contribution in [-0.2, 0) is 9.59 Å². The van der Waals surface area contributed by atoms with E-state index in [9.17, 15) is 14.0 Å². The maximum Gasteiger partial charge on any atom is 0.234 e. The quantitative estimate of drug-likeness (QED) is 0.863. The molecule has 2 atom stereocenters. The van der Waals surface area contributed by atoms with Crippen LogP contribution in [0.4, 0.5) is 4.39 Å². The number of hydrogen-bond donors (Lipinski definition) is 1. The van der Waals surface area contributed by atoms with Crippen molar-refractivity contribution in [3.8, 4) is 0 Å². The first-order valence-electron chi connectivity index (χ1n) is 6.13. The average Bonchev–Trinajstić information content (AvgIpc) is 2.93. The van der Waals surface area contributed by atoms with Gasteiger partial charge in [-0.05, 0) is 6.07 Å². The van der Waals surface area contributed by atoms with Crippen molar-refractivity contribution in [3.63, 3.8) is 0 Å². The van der Waals surface area contributed by atoms with Crippen LogP contribution in [0.5, 0.6) is 0 Å². The highest BCUT2D eigenvalue weighted by Gasteiger charge is 2.39. The molecule has 102 valence electrons. The van der Waals surface area contributed by atoms with E-state index in [-0.39, 0.29) is 18.2 Å². The van der Waals surface area contributed by atoms with Crippen molar-refractivity contribution in [2.75, 3.05) is 0 Å². The Hall–Kier alpha value is -2.08. The molecule has 20 heavy (non-hydrogen) atoms. The molecular weight excluding hydrogens is 279 g/mol. The lowest BCUT2D eigenvalue weighted by Crippen LogP contribution is -2.43. The summed E-state index contributed by atoms with van der Waals surface area (Å²) in [5.41, 5.74) is 1.96. The maximum absolute atomic E-state index is 14.0. The van der Waals surface area contributed by atoms with E-state index in [1.807, 2.05) is 0 Å². The number of imide groups is 1. The average molecular weight is 290 g/mol. The number of halogens is 1. The van der Waals surface area contributed by atoms with Crippen molar-refractivity contribution in [2.45, 2.75) is 18.3 Å². The Labute approximate surface area is 118 Å². The van der Waals surface area contributed by atoms with Crippen molar-refractivity contribution in [1.82, 2.24) is 10.3 Å². The molecule has 2 aromatic rings. The number of thiazole rings is 1. The molecule has 0 radical (unpaired) electrons. The fraction of sp³-hybridized carbons (Fsp3) is 0.214. The predicted octanol–water partition coefficient (Wildman–Crippen LogP) is 2.20. The van der Waals surface area contributed by atoms with Gasteiger partial charge in [0.05, 0.1) is 11.4 Å². The van der Waals surface area contributed by atoms with E-state index in [1.165, 1.54) is 17.4 Å². The summed E-state index contributed by atoms with van der Waals surface area (Å²) < 4.78 is 14.0. The molecule has 0 saturated carbocycles. The van der Waals surface area contributed by atoms with Gasteiger partial charge >= 0.3 is 0 Å². The molecule has 0 spiro atoms. The molecule has 1 saturated heterocycles. The van der Waals surface area contributed by atoms with Gasteiger partial charge < -0.3 is 0 Å². The van der Waals surface area contributed by atoms with Crippen LogP contribution in [0, 0.1) is 5.82 Å². The van der Waals surface area contributed by atoms with Gasteiger partial charge in [-0.15, -0.1) is 11.3 Å². The van der Waals surface area contributed by atoms with Crippen LogP contribution in [0.2, 0.25) is 0 Å². The van der Waals surface area contributed by atoms with Crippen molar-refractivity contribution in [3.05, 3.63) is 52.2 Å². The summed E-state index contributed by atoms with van der Waals surface area (Å²) in [6.07, 6.45) is 1.79. The van der Waals surface area contributed by atoms with Crippen molar-refractivity contribution in [1.29, 1.82) is 0 Å². The van der Waals surface area contributed by atoms with Crippen molar-refractivity contribution < 1.29 is 14.0 Å². The van der Waals surface area contributed by atoms with Gasteiger partial charge in [0.1, 0.15) is 5.82 Å². The monoisotopic (exact) mass is 290 g/mol. The third-order valence-corrected chi connectivity index (χ3v) is 4.32. The summed E-state index contributed by atoms with van der Waals surface area (Å²) in [4.78, 5) is 28.5. The number of carbonyl (C=O) groups is 2. The number of amides is 2. The predicted molar refractivity (Wildman–Crippen MR) is 71.8 cm³/mol. The molecule has 4 nitrogen and oxygen atoms in total. The van der Waals surface area contributed by atoms with E-state index in [1.54, 1.807) is 29.9 Å². The molecule has 1 fully saturated rings. The van der Waals surface area contributed by atoms with E-state index >= 15 is 0 Å². The SMILES string of the molecule is O=C1CC(c2cncs2)C(c2ccccc2F)C(=O)N1. The van der Waals surface area contributed by atoms with Gasteiger partial charge in [0, 0.05) is 29.0 Å². The Kier molecular flexibility index (Phi) is 3.31. The topological polar surface area (TPSA) is 59.1 Å². The van der Waals surface area contributed by atoms with E-state index < -0.39 is 17.6 Å². The molecule has 1 aliphatic rings. The van der Waals surface area contributed by atoms with Gasteiger partial charge in [-0.25, -0.2) is 4.39 Å². The Bertz CT molecular complexity index is 657. The molecule has 1 aliphatic heterocycles. The highest BCUT2D eigenvalue weighted by Crippen LogP contribution is 2.40. The number of hydrogen-bond acceptors (Lipinski definition) is 4. The number of carbonyl (C=O) groups excluding carboxylic acids is 2. The van der Waals surface area contributed by atoms with Crippen LogP contribution in [0.15, 0.2) is 36.0 Å². The standard InChI is InChI=1S/C14H11FN2O2S/c15-10-4-2-1-3-8(10)13-9(11-6-16-7-20-11)5-12(18)17-14(13)19/h1-4,6-7,9,13H,5H2,(H,17,18,19). The fourth-order valence-corrected chi connectivity index (χ4v) is 3.28. The first kappa shape index (κ1) is 12.9. The minimum Gasteiger partial charge on any atom is -0.296 e. The van der Waals surface area contributed by atoms with Gasteiger partial charge in [0.15, 0.2) is 0 Å². The Balaban J connectivity index is 2.07. The summed E-state index contributed by atoms with van der Waals surface area (Å²) in [5.74, 6) is -2.28. The zero-order valence-electron chi connectivity index (χ0n) is 10.4. The molecule has 0 aliphatic carbocycles. The third-order valence-electron chi connectivity index (χ3n) is 3.41. The number of piperidine rings is 1.